The van der Waals surface area contributed by atoms with Gasteiger partial charge >= 0.3 is 0 Å². The van der Waals surface area contributed by atoms with Crippen LogP contribution in [0.15, 0.2) is 36.4 Å². The van der Waals surface area contributed by atoms with Gasteiger partial charge in [-0.05, 0) is 43.5 Å². The van der Waals surface area contributed by atoms with Gasteiger partial charge in [-0.15, -0.1) is 0 Å². The minimum absolute atomic E-state index is 0.101. The van der Waals surface area contributed by atoms with E-state index >= 15 is 0 Å². The van der Waals surface area contributed by atoms with Crippen molar-refractivity contribution in [3.05, 3.63) is 42.2 Å². The molecule has 4 heteroatoms. The van der Waals surface area contributed by atoms with Gasteiger partial charge in [0.15, 0.2) is 0 Å². The fraction of sp³-hybridized carbons (Fsp3) is 0.357. The second-order valence-corrected chi connectivity index (χ2v) is 4.42. The van der Waals surface area contributed by atoms with Crippen LogP contribution in [-0.4, -0.2) is 18.5 Å². The third kappa shape index (κ3) is 3.96. The Hall–Kier alpha value is -1.68. The molecule has 1 aliphatic carbocycles. The maximum Gasteiger partial charge on any atom is 0.238 e. The van der Waals surface area contributed by atoms with Gasteiger partial charge < -0.3 is 10.6 Å². The van der Waals surface area contributed by atoms with Crippen molar-refractivity contribution >= 4 is 11.6 Å². The molecule has 2 rings (SSSR count). The molecule has 1 atom stereocenters. The molecule has 18 heavy (non-hydrogen) atoms. The molecule has 3 nitrogen and oxygen atoms in total. The summed E-state index contributed by atoms with van der Waals surface area (Å²) in [6.07, 6.45) is 7.41. The van der Waals surface area contributed by atoms with E-state index in [4.69, 9.17) is 0 Å². The summed E-state index contributed by atoms with van der Waals surface area (Å²) in [5, 5.41) is 5.94. The average molecular weight is 248 g/mol. The van der Waals surface area contributed by atoms with Crippen molar-refractivity contribution in [1.82, 2.24) is 5.32 Å². The van der Waals surface area contributed by atoms with Crippen LogP contribution >= 0.6 is 0 Å². The van der Waals surface area contributed by atoms with Crippen LogP contribution in [0, 0.1) is 5.82 Å². The van der Waals surface area contributed by atoms with E-state index in [0.29, 0.717) is 11.7 Å². The van der Waals surface area contributed by atoms with Crippen LogP contribution in [0.5, 0.6) is 0 Å². The fourth-order valence-corrected chi connectivity index (χ4v) is 1.95. The molecule has 1 amide bonds. The maximum absolute atomic E-state index is 12.7. The molecule has 0 bridgehead atoms. The predicted molar refractivity (Wildman–Crippen MR) is 69.8 cm³/mol. The minimum Gasteiger partial charge on any atom is -0.325 e. The van der Waals surface area contributed by atoms with Gasteiger partial charge in [0, 0.05) is 11.7 Å². The highest BCUT2D eigenvalue weighted by molar-refractivity contribution is 5.92. The number of hydrogen-bond donors (Lipinski definition) is 2. The molecule has 0 spiro atoms. The van der Waals surface area contributed by atoms with Crippen LogP contribution in [0.3, 0.4) is 0 Å². The molecule has 0 aromatic heterocycles. The average Bonchev–Trinajstić information content (AvgIpc) is 2.40. The van der Waals surface area contributed by atoms with Gasteiger partial charge in [-0.2, -0.15) is 0 Å². The van der Waals surface area contributed by atoms with Crippen molar-refractivity contribution in [2.24, 2.45) is 0 Å². The second-order valence-electron chi connectivity index (χ2n) is 4.42. The Kier molecular flexibility index (Phi) is 4.47. The minimum atomic E-state index is -0.305. The van der Waals surface area contributed by atoms with Crippen molar-refractivity contribution in [1.29, 1.82) is 0 Å². The van der Waals surface area contributed by atoms with Crippen molar-refractivity contribution in [3.63, 3.8) is 0 Å². The van der Waals surface area contributed by atoms with Gasteiger partial charge in [0.2, 0.25) is 5.91 Å². The van der Waals surface area contributed by atoms with E-state index in [-0.39, 0.29) is 18.3 Å². The number of hydrogen-bond acceptors (Lipinski definition) is 2. The molecule has 0 fully saturated rings. The molecule has 0 radical (unpaired) electrons. The molecule has 1 aromatic carbocycles. The van der Waals surface area contributed by atoms with Crippen molar-refractivity contribution in [3.8, 4) is 0 Å². The zero-order valence-corrected chi connectivity index (χ0v) is 10.2. The lowest BCUT2D eigenvalue weighted by Crippen LogP contribution is -2.36. The van der Waals surface area contributed by atoms with Gasteiger partial charge in [0.25, 0.3) is 0 Å². The summed E-state index contributed by atoms with van der Waals surface area (Å²) in [5.41, 5.74) is 0.617. The zero-order valence-electron chi connectivity index (χ0n) is 10.2. The normalized spacial score (nSPS) is 18.6. The largest absolute Gasteiger partial charge is 0.325 e. The quantitative estimate of drug-likeness (QED) is 0.804. The van der Waals surface area contributed by atoms with E-state index in [9.17, 15) is 9.18 Å². The highest BCUT2D eigenvalue weighted by Crippen LogP contribution is 2.10. The first kappa shape index (κ1) is 12.8. The Morgan fingerprint density at radius 2 is 2.06 bits per heavy atom. The van der Waals surface area contributed by atoms with Gasteiger partial charge in [-0.1, -0.05) is 12.2 Å². The molecule has 0 saturated carbocycles. The second kappa shape index (κ2) is 6.31. The maximum atomic E-state index is 12.7. The molecule has 0 aliphatic heterocycles. The van der Waals surface area contributed by atoms with E-state index in [1.54, 1.807) is 12.1 Å². The number of amides is 1. The highest BCUT2D eigenvalue weighted by atomic mass is 19.1. The predicted octanol–water partition coefficient (Wildman–Crippen LogP) is 2.46. The van der Waals surface area contributed by atoms with Crippen LogP contribution in [0.25, 0.3) is 0 Å². The Balaban J connectivity index is 1.74. The first-order valence-corrected chi connectivity index (χ1v) is 6.18. The smallest absolute Gasteiger partial charge is 0.238 e. The van der Waals surface area contributed by atoms with Crippen LogP contribution < -0.4 is 10.6 Å². The van der Waals surface area contributed by atoms with E-state index in [1.807, 2.05) is 0 Å². The molecule has 1 aliphatic rings. The Bertz CT molecular complexity index is 428. The summed E-state index contributed by atoms with van der Waals surface area (Å²) in [7, 11) is 0. The third-order valence-electron chi connectivity index (χ3n) is 2.95. The topological polar surface area (TPSA) is 41.1 Å². The molecule has 96 valence electrons. The van der Waals surface area contributed by atoms with E-state index in [0.717, 1.165) is 19.3 Å². The summed E-state index contributed by atoms with van der Waals surface area (Å²) >= 11 is 0. The molecule has 1 aromatic rings. The number of nitrogens with one attached hydrogen (secondary N) is 2. The summed E-state index contributed by atoms with van der Waals surface area (Å²) in [4.78, 5) is 11.7. The van der Waals surface area contributed by atoms with Gasteiger partial charge in [0.1, 0.15) is 5.82 Å². The first-order chi connectivity index (χ1) is 8.74. The number of anilines is 1. The van der Waals surface area contributed by atoms with Crippen LogP contribution in [0.4, 0.5) is 10.1 Å². The molecule has 2 N–H and O–H groups in total. The van der Waals surface area contributed by atoms with E-state index in [2.05, 4.69) is 22.8 Å². The zero-order chi connectivity index (χ0) is 12.8. The van der Waals surface area contributed by atoms with Gasteiger partial charge in [-0.3, -0.25) is 4.79 Å². The monoisotopic (exact) mass is 248 g/mol. The first-order valence-electron chi connectivity index (χ1n) is 6.18. The van der Waals surface area contributed by atoms with E-state index < -0.39 is 0 Å². The number of carbonyl (C=O) groups excluding carboxylic acids is 1. The summed E-state index contributed by atoms with van der Waals surface area (Å²) in [6, 6.07) is 6.14. The number of rotatable bonds is 4. The van der Waals surface area contributed by atoms with Crippen LogP contribution in [0.2, 0.25) is 0 Å². The molecular weight excluding hydrogens is 231 g/mol. The van der Waals surface area contributed by atoms with Gasteiger partial charge in [-0.25, -0.2) is 4.39 Å². The van der Waals surface area contributed by atoms with Crippen LogP contribution in [0.1, 0.15) is 19.3 Å². The number of halogens is 1. The van der Waals surface area contributed by atoms with Crippen molar-refractivity contribution in [2.75, 3.05) is 11.9 Å². The molecule has 0 saturated heterocycles. The lowest BCUT2D eigenvalue weighted by atomic mass is 10.0. The lowest BCUT2D eigenvalue weighted by Gasteiger charge is -2.18. The molecule has 1 unspecified atom stereocenters. The summed E-state index contributed by atoms with van der Waals surface area (Å²) < 4.78 is 12.7. The Morgan fingerprint density at radius 3 is 2.72 bits per heavy atom. The van der Waals surface area contributed by atoms with Crippen molar-refractivity contribution < 1.29 is 9.18 Å². The SMILES string of the molecule is O=C(CNC1CC=CCC1)Nc1ccc(F)cc1. The number of carbonyl (C=O) groups is 1. The number of benzene rings is 1. The fourth-order valence-electron chi connectivity index (χ4n) is 1.95. The van der Waals surface area contributed by atoms with Crippen LogP contribution in [-0.2, 0) is 4.79 Å². The third-order valence-corrected chi connectivity index (χ3v) is 2.95. The van der Waals surface area contributed by atoms with Crippen molar-refractivity contribution in [2.45, 2.75) is 25.3 Å². The number of allylic oxidation sites excluding steroid dienone is 1. The molecular formula is C14H17FN2O. The molecule has 0 heterocycles. The Morgan fingerprint density at radius 1 is 1.28 bits per heavy atom. The summed E-state index contributed by atoms with van der Waals surface area (Å²) in [5.74, 6) is -0.406. The van der Waals surface area contributed by atoms with Gasteiger partial charge in [0.05, 0.1) is 6.54 Å². The lowest BCUT2D eigenvalue weighted by molar-refractivity contribution is -0.115. The highest BCUT2D eigenvalue weighted by Gasteiger charge is 2.10. The Labute approximate surface area is 106 Å². The van der Waals surface area contributed by atoms with E-state index in [1.165, 1.54) is 12.1 Å². The standard InChI is InChI=1S/C14H17FN2O/c15-11-6-8-13(9-7-11)17-14(18)10-16-12-4-2-1-3-5-12/h1-2,6-9,12,16H,3-5,10H2,(H,17,18). The summed E-state index contributed by atoms with van der Waals surface area (Å²) in [6.45, 7) is 0.288.